The van der Waals surface area contributed by atoms with Crippen LogP contribution in [0.2, 0.25) is 0 Å². The standard InChI is InChI=1S/C11H12N2/c1-8-3-4-10(9(2)5-8)11-6-12-7-13-11/h3-6H,7H2,1-2H3. The molecular weight excluding hydrogens is 160 g/mol. The van der Waals surface area contributed by atoms with Crippen molar-refractivity contribution in [2.24, 2.45) is 9.98 Å². The first-order chi connectivity index (χ1) is 6.27. The second-order valence-electron chi connectivity index (χ2n) is 3.31. The fraction of sp³-hybridized carbons (Fsp3) is 0.273. The molecule has 1 aromatic carbocycles. The van der Waals surface area contributed by atoms with Crippen molar-refractivity contribution in [2.45, 2.75) is 13.8 Å². The van der Waals surface area contributed by atoms with E-state index in [0.29, 0.717) is 6.67 Å². The summed E-state index contributed by atoms with van der Waals surface area (Å²) in [6.07, 6.45) is 1.84. The third kappa shape index (κ3) is 1.52. The Hall–Kier alpha value is -1.44. The van der Waals surface area contributed by atoms with Gasteiger partial charge in [0.1, 0.15) is 6.67 Å². The van der Waals surface area contributed by atoms with Gasteiger partial charge in [0.15, 0.2) is 0 Å². The molecule has 1 aliphatic heterocycles. The maximum atomic E-state index is 4.29. The van der Waals surface area contributed by atoms with Crippen LogP contribution in [-0.4, -0.2) is 18.6 Å². The average molecular weight is 172 g/mol. The molecule has 1 aliphatic rings. The molecule has 0 saturated heterocycles. The van der Waals surface area contributed by atoms with E-state index in [0.717, 1.165) is 5.71 Å². The Morgan fingerprint density at radius 3 is 2.69 bits per heavy atom. The number of hydrogen-bond donors (Lipinski definition) is 0. The Labute approximate surface area is 78.0 Å². The van der Waals surface area contributed by atoms with Crippen LogP contribution < -0.4 is 0 Å². The summed E-state index contributed by atoms with van der Waals surface area (Å²) >= 11 is 0. The van der Waals surface area contributed by atoms with Gasteiger partial charge < -0.3 is 0 Å². The molecule has 1 heterocycles. The number of rotatable bonds is 1. The van der Waals surface area contributed by atoms with Crippen molar-refractivity contribution in [3.63, 3.8) is 0 Å². The molecule has 66 valence electrons. The van der Waals surface area contributed by atoms with Gasteiger partial charge in [0.25, 0.3) is 0 Å². The van der Waals surface area contributed by atoms with Crippen molar-refractivity contribution in [3.8, 4) is 0 Å². The summed E-state index contributed by atoms with van der Waals surface area (Å²) in [6.45, 7) is 4.79. The molecule has 0 unspecified atom stereocenters. The minimum atomic E-state index is 0.586. The average Bonchev–Trinajstić information content (AvgIpc) is 2.56. The zero-order chi connectivity index (χ0) is 9.26. The summed E-state index contributed by atoms with van der Waals surface area (Å²) in [5.74, 6) is 0. The minimum Gasteiger partial charge on any atom is -0.268 e. The molecule has 0 saturated carbocycles. The van der Waals surface area contributed by atoms with Crippen LogP contribution in [-0.2, 0) is 0 Å². The molecule has 2 nitrogen and oxygen atoms in total. The second-order valence-corrected chi connectivity index (χ2v) is 3.31. The SMILES string of the molecule is Cc1ccc(C2=NCN=C2)c(C)c1. The van der Waals surface area contributed by atoms with E-state index in [1.54, 1.807) is 0 Å². The van der Waals surface area contributed by atoms with Gasteiger partial charge in [-0.25, -0.2) is 0 Å². The largest absolute Gasteiger partial charge is 0.268 e. The Balaban J connectivity index is 2.46. The van der Waals surface area contributed by atoms with Gasteiger partial charge in [0.2, 0.25) is 0 Å². The zero-order valence-corrected chi connectivity index (χ0v) is 7.91. The number of benzene rings is 1. The van der Waals surface area contributed by atoms with Gasteiger partial charge in [-0.05, 0) is 19.4 Å². The van der Waals surface area contributed by atoms with Crippen LogP contribution in [0.25, 0.3) is 0 Å². The first-order valence-electron chi connectivity index (χ1n) is 4.39. The molecule has 2 rings (SSSR count). The summed E-state index contributed by atoms with van der Waals surface area (Å²) in [5, 5.41) is 0. The van der Waals surface area contributed by atoms with E-state index in [1.165, 1.54) is 16.7 Å². The van der Waals surface area contributed by atoms with Crippen LogP contribution in [0.15, 0.2) is 28.2 Å². The number of nitrogens with zero attached hydrogens (tertiary/aromatic N) is 2. The van der Waals surface area contributed by atoms with E-state index in [9.17, 15) is 0 Å². The summed E-state index contributed by atoms with van der Waals surface area (Å²) in [4.78, 5) is 8.37. The van der Waals surface area contributed by atoms with Crippen LogP contribution >= 0.6 is 0 Å². The lowest BCUT2D eigenvalue weighted by Crippen LogP contribution is -2.01. The Kier molecular flexibility index (Phi) is 1.97. The molecule has 0 aliphatic carbocycles. The van der Waals surface area contributed by atoms with Crippen molar-refractivity contribution < 1.29 is 0 Å². The predicted octanol–water partition coefficient (Wildman–Crippen LogP) is 2.13. The molecule has 0 amide bonds. The van der Waals surface area contributed by atoms with E-state index in [-0.39, 0.29) is 0 Å². The molecule has 13 heavy (non-hydrogen) atoms. The monoisotopic (exact) mass is 172 g/mol. The molecule has 0 atom stereocenters. The van der Waals surface area contributed by atoms with Gasteiger partial charge in [-0.2, -0.15) is 0 Å². The summed E-state index contributed by atoms with van der Waals surface area (Å²) < 4.78 is 0. The topological polar surface area (TPSA) is 24.7 Å². The van der Waals surface area contributed by atoms with E-state index in [2.05, 4.69) is 42.0 Å². The van der Waals surface area contributed by atoms with Crippen LogP contribution in [0.5, 0.6) is 0 Å². The fourth-order valence-electron chi connectivity index (χ4n) is 1.54. The molecule has 0 radical (unpaired) electrons. The molecule has 2 heteroatoms. The summed E-state index contributed by atoms with van der Waals surface area (Å²) in [5.41, 5.74) is 4.77. The quantitative estimate of drug-likeness (QED) is 0.620. The van der Waals surface area contributed by atoms with E-state index >= 15 is 0 Å². The highest BCUT2D eigenvalue weighted by atomic mass is 15.0. The third-order valence-electron chi connectivity index (χ3n) is 2.19. The van der Waals surface area contributed by atoms with Gasteiger partial charge >= 0.3 is 0 Å². The Bertz CT molecular complexity index is 389. The van der Waals surface area contributed by atoms with Gasteiger partial charge in [0.05, 0.1) is 5.71 Å². The molecule has 0 N–H and O–H groups in total. The predicted molar refractivity (Wildman–Crippen MR) is 55.8 cm³/mol. The first kappa shape index (κ1) is 8.17. The van der Waals surface area contributed by atoms with Gasteiger partial charge in [0, 0.05) is 11.8 Å². The lowest BCUT2D eigenvalue weighted by atomic mass is 10.0. The van der Waals surface area contributed by atoms with Gasteiger partial charge in [-0.1, -0.05) is 23.8 Å². The summed E-state index contributed by atoms with van der Waals surface area (Å²) in [6, 6.07) is 6.39. The molecule has 0 fully saturated rings. The zero-order valence-electron chi connectivity index (χ0n) is 7.91. The van der Waals surface area contributed by atoms with Gasteiger partial charge in [-0.15, -0.1) is 0 Å². The molecule has 1 aromatic rings. The van der Waals surface area contributed by atoms with Crippen LogP contribution in [0.3, 0.4) is 0 Å². The number of aryl methyl sites for hydroxylation is 2. The maximum absolute atomic E-state index is 4.29. The molecular formula is C11H12N2. The van der Waals surface area contributed by atoms with Crippen molar-refractivity contribution in [2.75, 3.05) is 6.67 Å². The van der Waals surface area contributed by atoms with Crippen molar-refractivity contribution >= 4 is 11.9 Å². The molecule has 0 bridgehead atoms. The fourth-order valence-corrected chi connectivity index (χ4v) is 1.54. The number of aliphatic imine (C=N–C) groups is 2. The molecule has 0 aromatic heterocycles. The minimum absolute atomic E-state index is 0.586. The highest BCUT2D eigenvalue weighted by Gasteiger charge is 2.06. The third-order valence-corrected chi connectivity index (χ3v) is 2.19. The van der Waals surface area contributed by atoms with E-state index in [1.807, 2.05) is 6.21 Å². The van der Waals surface area contributed by atoms with Crippen LogP contribution in [0, 0.1) is 13.8 Å². The highest BCUT2D eigenvalue weighted by Crippen LogP contribution is 2.12. The smallest absolute Gasteiger partial charge is 0.130 e. The second kappa shape index (κ2) is 3.13. The Morgan fingerprint density at radius 1 is 1.23 bits per heavy atom. The lowest BCUT2D eigenvalue weighted by Gasteiger charge is -2.03. The van der Waals surface area contributed by atoms with Crippen molar-refractivity contribution in [1.82, 2.24) is 0 Å². The van der Waals surface area contributed by atoms with Crippen LogP contribution in [0.4, 0.5) is 0 Å². The first-order valence-corrected chi connectivity index (χ1v) is 4.39. The van der Waals surface area contributed by atoms with Crippen LogP contribution in [0.1, 0.15) is 16.7 Å². The number of hydrogen-bond acceptors (Lipinski definition) is 2. The highest BCUT2D eigenvalue weighted by molar-refractivity contribution is 6.39. The molecule has 0 spiro atoms. The Morgan fingerprint density at radius 2 is 2.08 bits per heavy atom. The van der Waals surface area contributed by atoms with Crippen molar-refractivity contribution in [1.29, 1.82) is 0 Å². The normalized spacial score (nSPS) is 14.8. The van der Waals surface area contributed by atoms with Gasteiger partial charge in [-0.3, -0.25) is 9.98 Å². The van der Waals surface area contributed by atoms with Crippen molar-refractivity contribution in [3.05, 3.63) is 34.9 Å². The maximum Gasteiger partial charge on any atom is 0.130 e. The lowest BCUT2D eigenvalue weighted by molar-refractivity contribution is 1.10. The summed E-state index contributed by atoms with van der Waals surface area (Å²) in [7, 11) is 0. The van der Waals surface area contributed by atoms with E-state index < -0.39 is 0 Å². The van der Waals surface area contributed by atoms with E-state index in [4.69, 9.17) is 0 Å².